The maximum atomic E-state index is 13.3. The molecule has 0 saturated carbocycles. The van der Waals surface area contributed by atoms with Crippen LogP contribution in [-0.4, -0.2) is 84.4 Å². The van der Waals surface area contributed by atoms with Gasteiger partial charge in [0.25, 0.3) is 0 Å². The van der Waals surface area contributed by atoms with Gasteiger partial charge < -0.3 is 19.4 Å². The quantitative estimate of drug-likeness (QED) is 0.455. The number of rotatable bonds is 10. The van der Waals surface area contributed by atoms with Crippen molar-refractivity contribution in [2.45, 2.75) is 11.7 Å². The molecule has 0 atom stereocenters. The molecule has 0 unspecified atom stereocenters. The number of amides is 1. The van der Waals surface area contributed by atoms with E-state index < -0.39 is 0 Å². The summed E-state index contributed by atoms with van der Waals surface area (Å²) in [7, 11) is 1.59. The zero-order chi connectivity index (χ0) is 20.5. The highest BCUT2D eigenvalue weighted by molar-refractivity contribution is 7.99. The monoisotopic (exact) mass is 423 g/mol. The molecule has 1 saturated heterocycles. The fourth-order valence-corrected chi connectivity index (χ4v) is 3.74. The molecule has 29 heavy (non-hydrogen) atoms. The third-order valence-electron chi connectivity index (χ3n) is 4.52. The zero-order valence-electron chi connectivity index (χ0n) is 16.5. The van der Waals surface area contributed by atoms with Crippen LogP contribution in [0, 0.1) is 5.82 Å². The Hall–Kier alpha value is -2.01. The van der Waals surface area contributed by atoms with Crippen molar-refractivity contribution in [2.75, 3.05) is 58.9 Å². The van der Waals surface area contributed by atoms with E-state index in [9.17, 15) is 9.18 Å². The molecule has 1 N–H and O–H groups in total. The minimum atomic E-state index is -0.296. The average molecular weight is 424 g/mol. The van der Waals surface area contributed by atoms with Crippen LogP contribution in [0.15, 0.2) is 29.4 Å². The van der Waals surface area contributed by atoms with E-state index in [1.54, 1.807) is 19.2 Å². The smallest absolute Gasteiger partial charge is 0.230 e. The number of hydrogen-bond donors (Lipinski definition) is 1. The van der Waals surface area contributed by atoms with Gasteiger partial charge in [0.2, 0.25) is 5.91 Å². The van der Waals surface area contributed by atoms with Gasteiger partial charge in [0.15, 0.2) is 11.0 Å². The minimum Gasteiger partial charge on any atom is -0.383 e. The standard InChI is InChI=1S/C19H26FN5O3S/c1-27-11-6-21-17(26)14-29-19-23-22-18(15-2-4-16(20)5-3-15)25(19)8-7-24-9-12-28-13-10-24/h2-5H,6-14H2,1H3,(H,21,26). The molecule has 2 aromatic rings. The lowest BCUT2D eigenvalue weighted by molar-refractivity contribution is -0.118. The van der Waals surface area contributed by atoms with Gasteiger partial charge in [0.05, 0.1) is 25.6 Å². The molecular weight excluding hydrogens is 397 g/mol. The number of ether oxygens (including phenoxy) is 2. The van der Waals surface area contributed by atoms with E-state index in [1.165, 1.54) is 23.9 Å². The summed E-state index contributed by atoms with van der Waals surface area (Å²) in [5, 5.41) is 12.1. The molecule has 0 spiro atoms. The Morgan fingerprint density at radius 1 is 1.24 bits per heavy atom. The van der Waals surface area contributed by atoms with Crippen LogP contribution in [0.25, 0.3) is 11.4 Å². The van der Waals surface area contributed by atoms with Crippen LogP contribution in [0.2, 0.25) is 0 Å². The fourth-order valence-electron chi connectivity index (χ4n) is 2.95. The zero-order valence-corrected chi connectivity index (χ0v) is 17.3. The maximum absolute atomic E-state index is 13.3. The Kier molecular flexibility index (Phi) is 8.41. The maximum Gasteiger partial charge on any atom is 0.230 e. The predicted molar refractivity (Wildman–Crippen MR) is 108 cm³/mol. The van der Waals surface area contributed by atoms with Crippen molar-refractivity contribution in [3.8, 4) is 11.4 Å². The number of thioether (sulfide) groups is 1. The molecule has 0 bridgehead atoms. The normalized spacial score (nSPS) is 14.8. The van der Waals surface area contributed by atoms with Gasteiger partial charge in [0, 0.05) is 45.4 Å². The first kappa shape index (κ1) is 21.7. The second kappa shape index (κ2) is 11.2. The van der Waals surface area contributed by atoms with Crippen molar-refractivity contribution in [2.24, 2.45) is 0 Å². The number of nitrogens with zero attached hydrogens (tertiary/aromatic N) is 4. The number of nitrogens with one attached hydrogen (secondary N) is 1. The lowest BCUT2D eigenvalue weighted by atomic mass is 10.2. The Morgan fingerprint density at radius 2 is 2.00 bits per heavy atom. The Morgan fingerprint density at radius 3 is 2.72 bits per heavy atom. The summed E-state index contributed by atoms with van der Waals surface area (Å²) in [6.45, 7) is 5.68. The van der Waals surface area contributed by atoms with Crippen molar-refractivity contribution in [3.63, 3.8) is 0 Å². The van der Waals surface area contributed by atoms with Crippen molar-refractivity contribution in [1.29, 1.82) is 0 Å². The van der Waals surface area contributed by atoms with E-state index in [1.807, 2.05) is 4.57 Å². The topological polar surface area (TPSA) is 81.5 Å². The van der Waals surface area contributed by atoms with Gasteiger partial charge >= 0.3 is 0 Å². The molecule has 1 aromatic carbocycles. The Labute approximate surface area is 173 Å². The first-order chi connectivity index (χ1) is 14.2. The lowest BCUT2D eigenvalue weighted by Crippen LogP contribution is -2.38. The van der Waals surface area contributed by atoms with Crippen LogP contribution in [0.4, 0.5) is 4.39 Å². The van der Waals surface area contributed by atoms with Gasteiger partial charge in [-0.15, -0.1) is 10.2 Å². The Balaban J connectivity index is 1.70. The van der Waals surface area contributed by atoms with Crippen LogP contribution >= 0.6 is 11.8 Å². The van der Waals surface area contributed by atoms with Gasteiger partial charge in [-0.3, -0.25) is 9.69 Å². The highest BCUT2D eigenvalue weighted by Crippen LogP contribution is 2.24. The molecular formula is C19H26FN5O3S. The molecule has 8 nitrogen and oxygen atoms in total. The number of benzene rings is 1. The molecule has 10 heteroatoms. The number of carbonyl (C=O) groups is 1. The van der Waals surface area contributed by atoms with Crippen molar-refractivity contribution >= 4 is 17.7 Å². The summed E-state index contributed by atoms with van der Waals surface area (Å²) < 4.78 is 25.7. The van der Waals surface area contributed by atoms with E-state index in [-0.39, 0.29) is 17.5 Å². The van der Waals surface area contributed by atoms with E-state index in [0.29, 0.717) is 30.7 Å². The third kappa shape index (κ3) is 6.49. The van der Waals surface area contributed by atoms with Gasteiger partial charge in [-0.1, -0.05) is 11.8 Å². The number of methoxy groups -OCH3 is 1. The number of halogens is 1. The van der Waals surface area contributed by atoms with Crippen LogP contribution in [0.5, 0.6) is 0 Å². The molecule has 1 fully saturated rings. The van der Waals surface area contributed by atoms with Crippen LogP contribution in [0.1, 0.15) is 0 Å². The first-order valence-electron chi connectivity index (χ1n) is 9.55. The van der Waals surface area contributed by atoms with Gasteiger partial charge in [0.1, 0.15) is 5.82 Å². The number of hydrogen-bond acceptors (Lipinski definition) is 7. The fraction of sp³-hybridized carbons (Fsp3) is 0.526. The highest BCUT2D eigenvalue weighted by Gasteiger charge is 2.18. The number of carbonyl (C=O) groups excluding carboxylic acids is 1. The molecule has 1 aromatic heterocycles. The molecule has 1 aliphatic heterocycles. The molecule has 2 heterocycles. The molecule has 158 valence electrons. The minimum absolute atomic E-state index is 0.0851. The van der Waals surface area contributed by atoms with Crippen molar-refractivity contribution in [3.05, 3.63) is 30.1 Å². The molecule has 1 aliphatic rings. The van der Waals surface area contributed by atoms with Crippen molar-refractivity contribution in [1.82, 2.24) is 25.0 Å². The summed E-state index contributed by atoms with van der Waals surface area (Å²) in [6.07, 6.45) is 0. The summed E-state index contributed by atoms with van der Waals surface area (Å²) in [6, 6.07) is 6.20. The number of aromatic nitrogens is 3. The number of morpholine rings is 1. The summed E-state index contributed by atoms with van der Waals surface area (Å²) in [5.41, 5.74) is 0.789. The largest absolute Gasteiger partial charge is 0.383 e. The van der Waals surface area contributed by atoms with Crippen LogP contribution < -0.4 is 5.32 Å². The predicted octanol–water partition coefficient (Wildman–Crippen LogP) is 1.27. The van der Waals surface area contributed by atoms with Crippen LogP contribution in [0.3, 0.4) is 0 Å². The van der Waals surface area contributed by atoms with E-state index in [4.69, 9.17) is 9.47 Å². The van der Waals surface area contributed by atoms with Gasteiger partial charge in [-0.25, -0.2) is 4.39 Å². The summed E-state index contributed by atoms with van der Waals surface area (Å²) in [5.74, 6) is 0.525. The lowest BCUT2D eigenvalue weighted by Gasteiger charge is -2.27. The molecule has 0 aliphatic carbocycles. The molecule has 0 radical (unpaired) electrons. The van der Waals surface area contributed by atoms with Gasteiger partial charge in [-0.05, 0) is 24.3 Å². The Bertz CT molecular complexity index is 781. The second-order valence-electron chi connectivity index (χ2n) is 6.55. The second-order valence-corrected chi connectivity index (χ2v) is 7.49. The van der Waals surface area contributed by atoms with Crippen LogP contribution in [-0.2, 0) is 20.8 Å². The SMILES string of the molecule is COCCNC(=O)CSc1nnc(-c2ccc(F)cc2)n1CCN1CCOCC1. The summed E-state index contributed by atoms with van der Waals surface area (Å²) >= 11 is 1.34. The molecule has 3 rings (SSSR count). The van der Waals surface area contributed by atoms with E-state index in [0.717, 1.165) is 38.4 Å². The third-order valence-corrected chi connectivity index (χ3v) is 5.49. The van der Waals surface area contributed by atoms with Crippen molar-refractivity contribution < 1.29 is 18.7 Å². The van der Waals surface area contributed by atoms with E-state index in [2.05, 4.69) is 20.4 Å². The summed E-state index contributed by atoms with van der Waals surface area (Å²) in [4.78, 5) is 14.3. The average Bonchev–Trinajstić information content (AvgIpc) is 3.15. The first-order valence-corrected chi connectivity index (χ1v) is 10.5. The van der Waals surface area contributed by atoms with Gasteiger partial charge in [-0.2, -0.15) is 0 Å². The van der Waals surface area contributed by atoms with E-state index >= 15 is 0 Å². The molecule has 1 amide bonds. The highest BCUT2D eigenvalue weighted by atomic mass is 32.2.